The molecule has 1 aromatic rings. The maximum atomic E-state index is 11.5. The molecule has 14 heavy (non-hydrogen) atoms. The second-order valence-electron chi connectivity index (χ2n) is 3.52. The minimum atomic E-state index is 0.0474. The summed E-state index contributed by atoms with van der Waals surface area (Å²) in [5, 5.41) is 0. The van der Waals surface area contributed by atoms with E-state index < -0.39 is 0 Å². The fraction of sp³-hybridized carbons (Fsp3) is 0.500. The van der Waals surface area contributed by atoms with Gasteiger partial charge in [0.05, 0.1) is 11.9 Å². The summed E-state index contributed by atoms with van der Waals surface area (Å²) < 4.78 is 0. The fourth-order valence-electron chi connectivity index (χ4n) is 0.990. The lowest BCUT2D eigenvalue weighted by molar-refractivity contribution is 0.0967. The molecule has 0 N–H and O–H groups in total. The number of rotatable bonds is 4. The van der Waals surface area contributed by atoms with Crippen LogP contribution in [0.25, 0.3) is 0 Å². The third kappa shape index (κ3) is 3.22. The van der Waals surface area contributed by atoms with Gasteiger partial charge < -0.3 is 4.90 Å². The topological polar surface area (TPSA) is 46.1 Å². The number of hydrogen-bond donors (Lipinski definition) is 0. The van der Waals surface area contributed by atoms with Gasteiger partial charge in [0.2, 0.25) is 0 Å². The summed E-state index contributed by atoms with van der Waals surface area (Å²) in [6.07, 6.45) is 3.64. The molecule has 0 radical (unpaired) electrons. The van der Waals surface area contributed by atoms with Crippen LogP contribution in [0, 0.1) is 6.92 Å². The van der Waals surface area contributed by atoms with E-state index >= 15 is 0 Å². The zero-order valence-electron chi connectivity index (χ0n) is 8.82. The highest BCUT2D eigenvalue weighted by Crippen LogP contribution is 1.99. The third-order valence-electron chi connectivity index (χ3n) is 1.85. The van der Waals surface area contributed by atoms with Crippen LogP contribution in [0.1, 0.15) is 22.6 Å². The van der Waals surface area contributed by atoms with Crippen molar-refractivity contribution in [1.29, 1.82) is 0 Å². The molecule has 0 fully saturated rings. The van der Waals surface area contributed by atoms with Crippen LogP contribution < -0.4 is 0 Å². The molecule has 1 aromatic heterocycles. The number of hydrogen-bond acceptors (Lipinski definition) is 4. The summed E-state index contributed by atoms with van der Waals surface area (Å²) in [7, 11) is 3.88. The largest absolute Gasteiger partial charge is 0.309 e. The molecular weight excluding hydrogens is 178 g/mol. The van der Waals surface area contributed by atoms with E-state index in [-0.39, 0.29) is 5.78 Å². The van der Waals surface area contributed by atoms with E-state index in [1.165, 1.54) is 6.20 Å². The molecule has 4 heteroatoms. The summed E-state index contributed by atoms with van der Waals surface area (Å²) in [4.78, 5) is 21.6. The first-order valence-corrected chi connectivity index (χ1v) is 4.56. The zero-order valence-corrected chi connectivity index (χ0v) is 8.82. The monoisotopic (exact) mass is 193 g/mol. The Labute approximate surface area is 84.0 Å². The number of ketones is 1. The highest BCUT2D eigenvalue weighted by atomic mass is 16.1. The average molecular weight is 193 g/mol. The van der Waals surface area contributed by atoms with Gasteiger partial charge in [0.15, 0.2) is 5.78 Å². The lowest BCUT2D eigenvalue weighted by Gasteiger charge is -2.07. The molecule has 0 aromatic carbocycles. The van der Waals surface area contributed by atoms with Crippen LogP contribution in [-0.2, 0) is 0 Å². The molecule has 0 aliphatic rings. The minimum Gasteiger partial charge on any atom is -0.309 e. The average Bonchev–Trinajstić information content (AvgIpc) is 2.15. The summed E-state index contributed by atoms with van der Waals surface area (Å²) in [5.41, 5.74) is 1.28. The van der Waals surface area contributed by atoms with Gasteiger partial charge in [-0.3, -0.25) is 9.78 Å². The van der Waals surface area contributed by atoms with Gasteiger partial charge in [0.25, 0.3) is 0 Å². The van der Waals surface area contributed by atoms with Gasteiger partial charge in [-0.15, -0.1) is 0 Å². The summed E-state index contributed by atoms with van der Waals surface area (Å²) in [6.45, 7) is 2.59. The molecule has 1 rings (SSSR count). The summed E-state index contributed by atoms with van der Waals surface area (Å²) >= 11 is 0. The molecule has 0 spiro atoms. The highest BCUT2D eigenvalue weighted by molar-refractivity contribution is 5.93. The number of aryl methyl sites for hydroxylation is 1. The Morgan fingerprint density at radius 2 is 2.07 bits per heavy atom. The minimum absolute atomic E-state index is 0.0474. The van der Waals surface area contributed by atoms with Gasteiger partial charge >= 0.3 is 0 Å². The molecule has 0 saturated heterocycles. The van der Waals surface area contributed by atoms with Crippen molar-refractivity contribution in [3.05, 3.63) is 23.8 Å². The predicted octanol–water partition coefficient (Wildman–Crippen LogP) is 0.919. The van der Waals surface area contributed by atoms with Crippen molar-refractivity contribution in [2.24, 2.45) is 0 Å². The Kier molecular flexibility index (Phi) is 3.71. The van der Waals surface area contributed by atoms with Crippen molar-refractivity contribution < 1.29 is 4.79 Å². The van der Waals surface area contributed by atoms with E-state index in [1.54, 1.807) is 6.20 Å². The summed E-state index contributed by atoms with van der Waals surface area (Å²) in [6, 6.07) is 0. The van der Waals surface area contributed by atoms with E-state index in [4.69, 9.17) is 0 Å². The van der Waals surface area contributed by atoms with Crippen molar-refractivity contribution in [2.45, 2.75) is 13.3 Å². The number of aromatic nitrogens is 2. The standard InChI is InChI=1S/C10H15N3O/c1-8-6-12-9(7-11-8)10(14)4-5-13(2)3/h6-7H,4-5H2,1-3H3. The summed E-state index contributed by atoms with van der Waals surface area (Å²) in [5.74, 6) is 0.0474. The Morgan fingerprint density at radius 3 is 2.57 bits per heavy atom. The number of carbonyl (C=O) groups excluding carboxylic acids is 1. The Balaban J connectivity index is 2.57. The van der Waals surface area contributed by atoms with E-state index in [0.717, 1.165) is 12.2 Å². The van der Waals surface area contributed by atoms with E-state index in [1.807, 2.05) is 25.9 Å². The molecule has 4 nitrogen and oxygen atoms in total. The maximum Gasteiger partial charge on any atom is 0.184 e. The molecule has 0 aliphatic carbocycles. The SMILES string of the molecule is Cc1cnc(C(=O)CCN(C)C)cn1. The first-order chi connectivity index (χ1) is 6.59. The number of Topliss-reactive ketones (excluding diaryl/α,β-unsaturated/α-hetero) is 1. The molecule has 0 saturated carbocycles. The lowest BCUT2D eigenvalue weighted by Crippen LogP contribution is -2.17. The Hall–Kier alpha value is -1.29. The second-order valence-corrected chi connectivity index (χ2v) is 3.52. The Morgan fingerprint density at radius 1 is 1.36 bits per heavy atom. The van der Waals surface area contributed by atoms with Crippen molar-refractivity contribution in [1.82, 2.24) is 14.9 Å². The normalized spacial score (nSPS) is 10.6. The van der Waals surface area contributed by atoms with Crippen LogP contribution in [-0.4, -0.2) is 41.3 Å². The molecule has 1 heterocycles. The van der Waals surface area contributed by atoms with Crippen molar-refractivity contribution in [2.75, 3.05) is 20.6 Å². The molecule has 0 bridgehead atoms. The van der Waals surface area contributed by atoms with Gasteiger partial charge in [-0.05, 0) is 21.0 Å². The van der Waals surface area contributed by atoms with Gasteiger partial charge in [0.1, 0.15) is 5.69 Å². The molecule has 0 aliphatic heterocycles. The van der Waals surface area contributed by atoms with Crippen molar-refractivity contribution in [3.63, 3.8) is 0 Å². The van der Waals surface area contributed by atoms with Crippen molar-refractivity contribution in [3.8, 4) is 0 Å². The first-order valence-electron chi connectivity index (χ1n) is 4.56. The number of carbonyl (C=O) groups is 1. The van der Waals surface area contributed by atoms with Gasteiger partial charge in [-0.2, -0.15) is 0 Å². The van der Waals surface area contributed by atoms with E-state index in [9.17, 15) is 4.79 Å². The first kappa shape index (κ1) is 10.8. The van der Waals surface area contributed by atoms with E-state index in [2.05, 4.69) is 9.97 Å². The smallest absolute Gasteiger partial charge is 0.184 e. The van der Waals surface area contributed by atoms with Crippen LogP contribution in [0.5, 0.6) is 0 Å². The second kappa shape index (κ2) is 4.81. The lowest BCUT2D eigenvalue weighted by atomic mass is 10.2. The van der Waals surface area contributed by atoms with Crippen LogP contribution in [0.2, 0.25) is 0 Å². The zero-order chi connectivity index (χ0) is 10.6. The van der Waals surface area contributed by atoms with Crippen molar-refractivity contribution >= 4 is 5.78 Å². The Bertz CT molecular complexity index is 306. The molecule has 0 amide bonds. The van der Waals surface area contributed by atoms with Gasteiger partial charge in [-0.25, -0.2) is 4.98 Å². The predicted molar refractivity (Wildman–Crippen MR) is 54.3 cm³/mol. The van der Waals surface area contributed by atoms with Gasteiger partial charge in [0, 0.05) is 19.2 Å². The van der Waals surface area contributed by atoms with Crippen LogP contribution in [0.3, 0.4) is 0 Å². The highest BCUT2D eigenvalue weighted by Gasteiger charge is 2.07. The third-order valence-corrected chi connectivity index (χ3v) is 1.85. The van der Waals surface area contributed by atoms with Gasteiger partial charge in [-0.1, -0.05) is 0 Å². The molecular formula is C10H15N3O. The maximum absolute atomic E-state index is 11.5. The van der Waals surface area contributed by atoms with Crippen LogP contribution >= 0.6 is 0 Å². The van der Waals surface area contributed by atoms with E-state index in [0.29, 0.717) is 12.1 Å². The molecule has 76 valence electrons. The number of nitrogens with zero attached hydrogens (tertiary/aromatic N) is 3. The fourth-order valence-corrected chi connectivity index (χ4v) is 0.990. The van der Waals surface area contributed by atoms with Crippen LogP contribution in [0.15, 0.2) is 12.4 Å². The quantitative estimate of drug-likeness (QED) is 0.667. The molecule has 0 unspecified atom stereocenters. The molecule has 0 atom stereocenters. The van der Waals surface area contributed by atoms with Crippen LogP contribution in [0.4, 0.5) is 0 Å².